The van der Waals surface area contributed by atoms with E-state index in [1.54, 1.807) is 18.2 Å². The summed E-state index contributed by atoms with van der Waals surface area (Å²) in [5, 5.41) is 9.71. The summed E-state index contributed by atoms with van der Waals surface area (Å²) in [5.74, 6) is 0.168. The van der Waals surface area contributed by atoms with Crippen molar-refractivity contribution in [1.82, 2.24) is 4.90 Å². The van der Waals surface area contributed by atoms with Crippen LogP contribution in [0.5, 0.6) is 5.75 Å². The van der Waals surface area contributed by atoms with Crippen LogP contribution in [-0.2, 0) is 0 Å². The summed E-state index contributed by atoms with van der Waals surface area (Å²) in [6.45, 7) is 6.97. The molecule has 1 rings (SSSR count). The molecule has 0 spiro atoms. The second-order valence-electron chi connectivity index (χ2n) is 4.97. The summed E-state index contributed by atoms with van der Waals surface area (Å²) in [4.78, 5) is 14.3. The van der Waals surface area contributed by atoms with E-state index in [9.17, 15) is 9.90 Å². The number of phenols is 1. The van der Waals surface area contributed by atoms with Gasteiger partial charge in [-0.1, -0.05) is 19.8 Å². The molecule has 0 radical (unpaired) electrons. The molecule has 0 saturated heterocycles. The van der Waals surface area contributed by atoms with E-state index in [1.807, 2.05) is 41.3 Å². The van der Waals surface area contributed by atoms with Crippen molar-refractivity contribution in [2.45, 2.75) is 46.1 Å². The Morgan fingerprint density at radius 3 is 2.58 bits per heavy atom. The van der Waals surface area contributed by atoms with Gasteiger partial charge >= 0.3 is 0 Å². The highest BCUT2D eigenvalue weighted by Crippen LogP contribution is 2.22. The molecule has 0 aliphatic heterocycles. The quantitative estimate of drug-likeness (QED) is 0.602. The van der Waals surface area contributed by atoms with Crippen LogP contribution in [0.2, 0.25) is 0 Å². The van der Waals surface area contributed by atoms with Crippen LogP contribution in [0.25, 0.3) is 0 Å². The molecule has 0 aromatic heterocycles. The molecule has 1 aromatic carbocycles. The minimum Gasteiger partial charge on any atom is -0.507 e. The average molecular weight is 375 g/mol. The second kappa shape index (κ2) is 7.72. The first-order valence-corrected chi connectivity index (χ1v) is 7.84. The van der Waals surface area contributed by atoms with Crippen molar-refractivity contribution in [2.75, 3.05) is 6.54 Å². The van der Waals surface area contributed by atoms with Gasteiger partial charge in [0.25, 0.3) is 5.91 Å². The number of carbonyl (C=O) groups is 1. The third-order valence-corrected chi connectivity index (χ3v) is 3.99. The normalized spacial score (nSPS) is 10.8. The number of hydrogen-bond donors (Lipinski definition) is 1. The number of rotatable bonds is 6. The molecule has 1 N–H and O–H groups in total. The SMILES string of the molecule is CCCCCN(C(=O)c1ccc(I)c(O)c1)C(C)C. The van der Waals surface area contributed by atoms with Crippen LogP contribution in [0.1, 0.15) is 50.4 Å². The second-order valence-corrected chi connectivity index (χ2v) is 6.13. The molecule has 0 heterocycles. The molecule has 0 saturated carbocycles. The number of aromatic hydroxyl groups is 1. The van der Waals surface area contributed by atoms with Gasteiger partial charge in [0, 0.05) is 18.2 Å². The lowest BCUT2D eigenvalue weighted by atomic mass is 10.1. The predicted molar refractivity (Wildman–Crippen MR) is 86.5 cm³/mol. The number of nitrogens with zero attached hydrogens (tertiary/aromatic N) is 1. The Hall–Kier alpha value is -0.780. The zero-order chi connectivity index (χ0) is 14.4. The molecule has 0 bridgehead atoms. The third kappa shape index (κ3) is 4.67. The van der Waals surface area contributed by atoms with E-state index in [1.165, 1.54) is 0 Å². The summed E-state index contributed by atoms with van der Waals surface area (Å²) in [6.07, 6.45) is 3.30. The van der Waals surface area contributed by atoms with Gasteiger partial charge in [0.15, 0.2) is 0 Å². The molecule has 4 heteroatoms. The monoisotopic (exact) mass is 375 g/mol. The van der Waals surface area contributed by atoms with Gasteiger partial charge in [0.05, 0.1) is 3.57 Å². The van der Waals surface area contributed by atoms with Crippen LogP contribution in [0.15, 0.2) is 18.2 Å². The summed E-state index contributed by atoms with van der Waals surface area (Å²) in [7, 11) is 0. The fourth-order valence-electron chi connectivity index (χ4n) is 1.94. The molecular formula is C15H22INO2. The van der Waals surface area contributed by atoms with Crippen LogP contribution < -0.4 is 0 Å². The third-order valence-electron chi connectivity index (χ3n) is 3.08. The smallest absolute Gasteiger partial charge is 0.254 e. The first kappa shape index (κ1) is 16.3. The topological polar surface area (TPSA) is 40.5 Å². The van der Waals surface area contributed by atoms with E-state index >= 15 is 0 Å². The molecular weight excluding hydrogens is 353 g/mol. The van der Waals surface area contributed by atoms with Gasteiger partial charge in [-0.05, 0) is 61.1 Å². The molecule has 0 unspecified atom stereocenters. The first-order chi connectivity index (χ1) is 8.97. The maximum absolute atomic E-state index is 12.5. The van der Waals surface area contributed by atoms with Gasteiger partial charge < -0.3 is 10.0 Å². The molecule has 0 aliphatic carbocycles. The lowest BCUT2D eigenvalue weighted by molar-refractivity contribution is 0.0702. The summed E-state index contributed by atoms with van der Waals surface area (Å²) >= 11 is 2.05. The average Bonchev–Trinajstić information content (AvgIpc) is 2.37. The van der Waals surface area contributed by atoms with Gasteiger partial charge in [0.2, 0.25) is 0 Å². The number of carbonyl (C=O) groups excluding carboxylic acids is 1. The van der Waals surface area contributed by atoms with Gasteiger partial charge in [0.1, 0.15) is 5.75 Å². The molecule has 1 aromatic rings. The van der Waals surface area contributed by atoms with Crippen molar-refractivity contribution in [2.24, 2.45) is 0 Å². The Morgan fingerprint density at radius 2 is 2.05 bits per heavy atom. The highest BCUT2D eigenvalue weighted by Gasteiger charge is 2.19. The van der Waals surface area contributed by atoms with Gasteiger partial charge in [-0.25, -0.2) is 0 Å². The number of amides is 1. The van der Waals surface area contributed by atoms with Gasteiger partial charge in [-0.2, -0.15) is 0 Å². The fourth-order valence-corrected chi connectivity index (χ4v) is 2.27. The van der Waals surface area contributed by atoms with Crippen molar-refractivity contribution in [3.8, 4) is 5.75 Å². The molecule has 0 aliphatic rings. The lowest BCUT2D eigenvalue weighted by Crippen LogP contribution is -2.37. The van der Waals surface area contributed by atoms with Crippen LogP contribution >= 0.6 is 22.6 Å². The van der Waals surface area contributed by atoms with E-state index in [0.29, 0.717) is 5.56 Å². The van der Waals surface area contributed by atoms with Crippen molar-refractivity contribution >= 4 is 28.5 Å². The maximum atomic E-state index is 12.5. The molecule has 0 fully saturated rings. The fraction of sp³-hybridized carbons (Fsp3) is 0.533. The Kier molecular flexibility index (Phi) is 6.62. The highest BCUT2D eigenvalue weighted by molar-refractivity contribution is 14.1. The first-order valence-electron chi connectivity index (χ1n) is 6.76. The minimum atomic E-state index is -0.00203. The van der Waals surface area contributed by atoms with Crippen LogP contribution in [0.3, 0.4) is 0 Å². The Bertz CT molecular complexity index is 432. The van der Waals surface area contributed by atoms with E-state index in [2.05, 4.69) is 6.92 Å². The molecule has 0 atom stereocenters. The van der Waals surface area contributed by atoms with Gasteiger partial charge in [-0.15, -0.1) is 0 Å². The van der Waals surface area contributed by atoms with Crippen molar-refractivity contribution < 1.29 is 9.90 Å². The van der Waals surface area contributed by atoms with E-state index in [0.717, 1.165) is 29.4 Å². The summed E-state index contributed by atoms with van der Waals surface area (Å²) < 4.78 is 0.760. The molecule has 106 valence electrons. The number of hydrogen-bond acceptors (Lipinski definition) is 2. The number of halogens is 1. The Morgan fingerprint density at radius 1 is 1.37 bits per heavy atom. The molecule has 1 amide bonds. The summed E-state index contributed by atoms with van der Waals surface area (Å²) in [6, 6.07) is 5.28. The minimum absolute atomic E-state index is 0.00203. The molecule has 19 heavy (non-hydrogen) atoms. The maximum Gasteiger partial charge on any atom is 0.254 e. The van der Waals surface area contributed by atoms with E-state index < -0.39 is 0 Å². The Labute approximate surface area is 129 Å². The van der Waals surface area contributed by atoms with Crippen LogP contribution in [-0.4, -0.2) is 28.5 Å². The Balaban J connectivity index is 2.83. The molecule has 3 nitrogen and oxygen atoms in total. The lowest BCUT2D eigenvalue weighted by Gasteiger charge is -2.27. The summed E-state index contributed by atoms with van der Waals surface area (Å²) in [5.41, 5.74) is 0.558. The van der Waals surface area contributed by atoms with Crippen molar-refractivity contribution in [1.29, 1.82) is 0 Å². The number of benzene rings is 1. The van der Waals surface area contributed by atoms with Crippen LogP contribution in [0.4, 0.5) is 0 Å². The standard InChI is InChI=1S/C15H22INO2/c1-4-5-6-9-17(11(2)3)15(19)12-7-8-13(16)14(18)10-12/h7-8,10-11,18H,4-6,9H2,1-3H3. The predicted octanol–water partition coefficient (Wildman–Crippen LogP) is 4.04. The number of phenolic OH excluding ortho intramolecular Hbond substituents is 1. The zero-order valence-electron chi connectivity index (χ0n) is 11.8. The number of unbranched alkanes of at least 4 members (excludes halogenated alkanes) is 2. The zero-order valence-corrected chi connectivity index (χ0v) is 14.0. The van der Waals surface area contributed by atoms with E-state index in [-0.39, 0.29) is 17.7 Å². The van der Waals surface area contributed by atoms with E-state index in [4.69, 9.17) is 0 Å². The van der Waals surface area contributed by atoms with Crippen molar-refractivity contribution in [3.05, 3.63) is 27.3 Å². The highest BCUT2D eigenvalue weighted by atomic mass is 127. The van der Waals surface area contributed by atoms with Crippen LogP contribution in [0, 0.1) is 3.57 Å². The van der Waals surface area contributed by atoms with Crippen molar-refractivity contribution in [3.63, 3.8) is 0 Å². The van der Waals surface area contributed by atoms with Gasteiger partial charge in [-0.3, -0.25) is 4.79 Å². The largest absolute Gasteiger partial charge is 0.507 e.